The molecule has 0 fully saturated rings. The van der Waals surface area contributed by atoms with E-state index in [9.17, 15) is 4.79 Å². The number of halogens is 1. The maximum absolute atomic E-state index is 11.9. The quantitative estimate of drug-likeness (QED) is 0.871. The summed E-state index contributed by atoms with van der Waals surface area (Å²) in [6.07, 6.45) is 3.38. The van der Waals surface area contributed by atoms with Crippen molar-refractivity contribution in [2.24, 2.45) is 5.73 Å². The molecule has 1 aromatic carbocycles. The van der Waals surface area contributed by atoms with Crippen molar-refractivity contribution in [3.05, 3.63) is 35.4 Å². The van der Waals surface area contributed by atoms with Gasteiger partial charge in [0.25, 0.3) is 0 Å². The van der Waals surface area contributed by atoms with Crippen LogP contribution in [0.4, 0.5) is 0 Å². The molecule has 5 heteroatoms. The van der Waals surface area contributed by atoms with Gasteiger partial charge in [0.2, 0.25) is 5.91 Å². The van der Waals surface area contributed by atoms with Gasteiger partial charge in [-0.25, -0.2) is 0 Å². The summed E-state index contributed by atoms with van der Waals surface area (Å²) in [6, 6.07) is 7.92. The van der Waals surface area contributed by atoms with E-state index in [1.54, 1.807) is 7.11 Å². The first kappa shape index (κ1) is 18.0. The van der Waals surface area contributed by atoms with Crippen LogP contribution in [-0.4, -0.2) is 32.2 Å². The van der Waals surface area contributed by atoms with Crippen LogP contribution in [0.3, 0.4) is 0 Å². The summed E-state index contributed by atoms with van der Waals surface area (Å²) >= 11 is 0. The lowest BCUT2D eigenvalue weighted by Crippen LogP contribution is -2.48. The third-order valence-electron chi connectivity index (χ3n) is 4.18. The van der Waals surface area contributed by atoms with Crippen LogP contribution in [0.1, 0.15) is 30.9 Å². The SMILES string of the molecule is COCC(N)C(=O)NCC1(C)CCCc2ccccc21.Cl. The summed E-state index contributed by atoms with van der Waals surface area (Å²) in [4.78, 5) is 11.9. The van der Waals surface area contributed by atoms with Crippen LogP contribution >= 0.6 is 12.4 Å². The van der Waals surface area contributed by atoms with Gasteiger partial charge in [0.05, 0.1) is 6.61 Å². The molecule has 3 N–H and O–H groups in total. The number of amides is 1. The average molecular weight is 313 g/mol. The van der Waals surface area contributed by atoms with Gasteiger partial charge >= 0.3 is 0 Å². The lowest BCUT2D eigenvalue weighted by Gasteiger charge is -2.36. The number of carbonyl (C=O) groups is 1. The van der Waals surface area contributed by atoms with Crippen LogP contribution < -0.4 is 11.1 Å². The zero-order chi connectivity index (χ0) is 14.6. The second-order valence-corrected chi connectivity index (χ2v) is 5.85. The predicted octanol–water partition coefficient (Wildman–Crippen LogP) is 1.79. The van der Waals surface area contributed by atoms with Gasteiger partial charge in [-0.2, -0.15) is 0 Å². The first-order valence-electron chi connectivity index (χ1n) is 7.17. The number of rotatable bonds is 5. The standard InChI is InChI=1S/C16H24N2O2.ClH/c1-16(11-18-15(19)14(17)10-20-2)9-5-7-12-6-3-4-8-13(12)16;/h3-4,6,8,14H,5,7,9-11,17H2,1-2H3,(H,18,19);1H. The van der Waals surface area contributed by atoms with Gasteiger partial charge in [-0.05, 0) is 30.4 Å². The molecule has 2 atom stereocenters. The minimum Gasteiger partial charge on any atom is -0.383 e. The molecule has 0 bridgehead atoms. The highest BCUT2D eigenvalue weighted by molar-refractivity contribution is 5.85. The van der Waals surface area contributed by atoms with E-state index in [2.05, 4.69) is 36.5 Å². The predicted molar refractivity (Wildman–Crippen MR) is 86.8 cm³/mol. The van der Waals surface area contributed by atoms with Crippen LogP contribution in [0, 0.1) is 0 Å². The summed E-state index contributed by atoms with van der Waals surface area (Å²) in [5, 5.41) is 2.97. The number of hydrogen-bond acceptors (Lipinski definition) is 3. The molecule has 2 rings (SSSR count). The number of aryl methyl sites for hydroxylation is 1. The molecule has 118 valence electrons. The number of hydrogen-bond donors (Lipinski definition) is 2. The zero-order valence-electron chi connectivity index (χ0n) is 12.7. The van der Waals surface area contributed by atoms with Gasteiger partial charge in [-0.3, -0.25) is 4.79 Å². The molecule has 0 aliphatic heterocycles. The van der Waals surface area contributed by atoms with Crippen molar-refractivity contribution >= 4 is 18.3 Å². The third kappa shape index (κ3) is 4.19. The first-order valence-corrected chi connectivity index (χ1v) is 7.17. The van der Waals surface area contributed by atoms with Crippen molar-refractivity contribution in [2.75, 3.05) is 20.3 Å². The van der Waals surface area contributed by atoms with E-state index in [-0.39, 0.29) is 30.3 Å². The Morgan fingerprint density at radius 3 is 2.90 bits per heavy atom. The second-order valence-electron chi connectivity index (χ2n) is 5.85. The van der Waals surface area contributed by atoms with E-state index in [4.69, 9.17) is 10.5 Å². The van der Waals surface area contributed by atoms with Gasteiger partial charge in [0.15, 0.2) is 0 Å². The van der Waals surface area contributed by atoms with Gasteiger partial charge in [0, 0.05) is 19.1 Å². The molecule has 1 amide bonds. The molecule has 0 heterocycles. The summed E-state index contributed by atoms with van der Waals surface area (Å²) < 4.78 is 4.91. The van der Waals surface area contributed by atoms with E-state index in [1.165, 1.54) is 11.1 Å². The van der Waals surface area contributed by atoms with Crippen LogP contribution in [0.25, 0.3) is 0 Å². The van der Waals surface area contributed by atoms with Crippen LogP contribution in [0.2, 0.25) is 0 Å². The fourth-order valence-corrected chi connectivity index (χ4v) is 2.98. The van der Waals surface area contributed by atoms with Crippen LogP contribution in [0.5, 0.6) is 0 Å². The highest BCUT2D eigenvalue weighted by Crippen LogP contribution is 2.36. The Morgan fingerprint density at radius 1 is 1.48 bits per heavy atom. The molecule has 2 unspecified atom stereocenters. The van der Waals surface area contributed by atoms with E-state index in [0.717, 1.165) is 19.3 Å². The van der Waals surface area contributed by atoms with E-state index < -0.39 is 6.04 Å². The maximum Gasteiger partial charge on any atom is 0.239 e. The monoisotopic (exact) mass is 312 g/mol. The fraction of sp³-hybridized carbons (Fsp3) is 0.562. The highest BCUT2D eigenvalue weighted by Gasteiger charge is 2.32. The molecule has 1 aliphatic rings. The highest BCUT2D eigenvalue weighted by atomic mass is 35.5. The third-order valence-corrected chi connectivity index (χ3v) is 4.18. The molecule has 0 radical (unpaired) electrons. The molecule has 1 aromatic rings. The summed E-state index contributed by atoms with van der Waals surface area (Å²) in [7, 11) is 1.55. The van der Waals surface area contributed by atoms with E-state index in [0.29, 0.717) is 6.54 Å². The van der Waals surface area contributed by atoms with E-state index >= 15 is 0 Å². The summed E-state index contributed by atoms with van der Waals surface area (Å²) in [5.41, 5.74) is 8.49. The van der Waals surface area contributed by atoms with Crippen molar-refractivity contribution in [3.8, 4) is 0 Å². The maximum atomic E-state index is 11.9. The first-order chi connectivity index (χ1) is 9.57. The minimum atomic E-state index is -0.595. The zero-order valence-corrected chi connectivity index (χ0v) is 13.5. The lowest BCUT2D eigenvalue weighted by atomic mass is 9.71. The number of benzene rings is 1. The normalized spacial score (nSPS) is 21.9. The molecule has 4 nitrogen and oxygen atoms in total. The topological polar surface area (TPSA) is 64.3 Å². The molecular formula is C16H25ClN2O2. The molecule has 0 saturated carbocycles. The average Bonchev–Trinajstić information content (AvgIpc) is 2.46. The smallest absolute Gasteiger partial charge is 0.239 e. The molecule has 1 aliphatic carbocycles. The Bertz CT molecular complexity index is 481. The summed E-state index contributed by atoms with van der Waals surface area (Å²) in [5.74, 6) is -0.142. The number of carbonyl (C=O) groups excluding carboxylic acids is 1. The van der Waals surface area contributed by atoms with Crippen LogP contribution in [-0.2, 0) is 21.4 Å². The number of fused-ring (bicyclic) bond motifs is 1. The Morgan fingerprint density at radius 2 is 2.19 bits per heavy atom. The summed E-state index contributed by atoms with van der Waals surface area (Å²) in [6.45, 7) is 3.09. The van der Waals surface area contributed by atoms with Gasteiger partial charge < -0.3 is 15.8 Å². The van der Waals surface area contributed by atoms with Crippen molar-refractivity contribution < 1.29 is 9.53 Å². The number of methoxy groups -OCH3 is 1. The molecule has 0 spiro atoms. The van der Waals surface area contributed by atoms with Gasteiger partial charge in [-0.15, -0.1) is 12.4 Å². The molecule has 0 saturated heterocycles. The Balaban J connectivity index is 0.00000220. The number of ether oxygens (including phenoxy) is 1. The Kier molecular flexibility index (Phi) is 6.65. The number of nitrogens with one attached hydrogen (secondary N) is 1. The molecule has 21 heavy (non-hydrogen) atoms. The van der Waals surface area contributed by atoms with Gasteiger partial charge in [0.1, 0.15) is 6.04 Å². The Labute approximate surface area is 132 Å². The largest absolute Gasteiger partial charge is 0.383 e. The molecule has 0 aromatic heterocycles. The number of nitrogens with two attached hydrogens (primary N) is 1. The minimum absolute atomic E-state index is 0. The van der Waals surface area contributed by atoms with Crippen molar-refractivity contribution in [2.45, 2.75) is 37.6 Å². The lowest BCUT2D eigenvalue weighted by molar-refractivity contribution is -0.123. The molecular weight excluding hydrogens is 288 g/mol. The van der Waals surface area contributed by atoms with Crippen molar-refractivity contribution in [1.29, 1.82) is 0 Å². The van der Waals surface area contributed by atoms with Crippen LogP contribution in [0.15, 0.2) is 24.3 Å². The van der Waals surface area contributed by atoms with Crippen molar-refractivity contribution in [1.82, 2.24) is 5.32 Å². The second kappa shape index (κ2) is 7.78. The Hall–Kier alpha value is -1.10. The van der Waals surface area contributed by atoms with Crippen molar-refractivity contribution in [3.63, 3.8) is 0 Å². The van der Waals surface area contributed by atoms with E-state index in [1.807, 2.05) is 0 Å². The van der Waals surface area contributed by atoms with Gasteiger partial charge in [-0.1, -0.05) is 31.2 Å². The fourth-order valence-electron chi connectivity index (χ4n) is 2.98.